The predicted molar refractivity (Wildman–Crippen MR) is 58.7 cm³/mol. The second-order valence-corrected chi connectivity index (χ2v) is 3.64. The molecule has 0 spiro atoms. The van der Waals surface area contributed by atoms with Crippen molar-refractivity contribution in [1.29, 1.82) is 5.26 Å². The van der Waals surface area contributed by atoms with Gasteiger partial charge in [0.15, 0.2) is 0 Å². The summed E-state index contributed by atoms with van der Waals surface area (Å²) in [7, 11) is 1.14. The maximum absolute atomic E-state index is 13.5. The number of hydrogen-bond donors (Lipinski definition) is 2. The SMILES string of the molecule is COC(=O)CC(O)C(O)c1ccc(C#N)cc1F. The van der Waals surface area contributed by atoms with E-state index in [2.05, 4.69) is 4.74 Å². The quantitative estimate of drug-likeness (QED) is 0.769. The largest absolute Gasteiger partial charge is 0.469 e. The Bertz CT molecular complexity index is 483. The molecule has 2 unspecified atom stereocenters. The summed E-state index contributed by atoms with van der Waals surface area (Å²) >= 11 is 0. The van der Waals surface area contributed by atoms with E-state index in [4.69, 9.17) is 5.26 Å². The highest BCUT2D eigenvalue weighted by Gasteiger charge is 2.24. The number of carbonyl (C=O) groups excluding carboxylic acids is 1. The molecule has 0 fully saturated rings. The third kappa shape index (κ3) is 3.26. The van der Waals surface area contributed by atoms with Crippen molar-refractivity contribution in [2.24, 2.45) is 0 Å². The number of nitriles is 1. The van der Waals surface area contributed by atoms with Crippen molar-refractivity contribution in [2.45, 2.75) is 18.6 Å². The molecule has 96 valence electrons. The molecule has 0 aliphatic rings. The highest BCUT2D eigenvalue weighted by atomic mass is 19.1. The Morgan fingerprint density at radius 2 is 2.22 bits per heavy atom. The number of nitrogens with zero attached hydrogens (tertiary/aromatic N) is 1. The van der Waals surface area contributed by atoms with Gasteiger partial charge in [0.2, 0.25) is 0 Å². The van der Waals surface area contributed by atoms with Gasteiger partial charge in [-0.05, 0) is 12.1 Å². The minimum atomic E-state index is -1.56. The van der Waals surface area contributed by atoms with E-state index >= 15 is 0 Å². The van der Waals surface area contributed by atoms with Crippen LogP contribution in [0, 0.1) is 17.1 Å². The summed E-state index contributed by atoms with van der Waals surface area (Å²) in [5, 5.41) is 27.8. The summed E-state index contributed by atoms with van der Waals surface area (Å²) in [4.78, 5) is 10.9. The lowest BCUT2D eigenvalue weighted by Gasteiger charge is -2.17. The third-order valence-electron chi connectivity index (χ3n) is 2.42. The van der Waals surface area contributed by atoms with Gasteiger partial charge in [-0.1, -0.05) is 6.07 Å². The smallest absolute Gasteiger partial charge is 0.308 e. The van der Waals surface area contributed by atoms with Gasteiger partial charge >= 0.3 is 5.97 Å². The summed E-state index contributed by atoms with van der Waals surface area (Å²) in [5.74, 6) is -1.53. The number of methoxy groups -OCH3 is 1. The number of esters is 1. The van der Waals surface area contributed by atoms with Gasteiger partial charge in [0.1, 0.15) is 11.9 Å². The maximum Gasteiger partial charge on any atom is 0.308 e. The average molecular weight is 253 g/mol. The monoisotopic (exact) mass is 253 g/mol. The molecule has 18 heavy (non-hydrogen) atoms. The fraction of sp³-hybridized carbons (Fsp3) is 0.333. The van der Waals surface area contributed by atoms with Gasteiger partial charge in [-0.25, -0.2) is 4.39 Å². The lowest BCUT2D eigenvalue weighted by Crippen LogP contribution is -2.23. The molecule has 5 nitrogen and oxygen atoms in total. The van der Waals surface area contributed by atoms with E-state index < -0.39 is 30.4 Å². The molecular weight excluding hydrogens is 241 g/mol. The molecule has 0 radical (unpaired) electrons. The molecule has 1 aromatic carbocycles. The Morgan fingerprint density at radius 1 is 1.56 bits per heavy atom. The van der Waals surface area contributed by atoms with Crippen molar-refractivity contribution in [3.63, 3.8) is 0 Å². The Balaban J connectivity index is 2.87. The number of aliphatic hydroxyl groups is 2. The lowest BCUT2D eigenvalue weighted by atomic mass is 10.0. The van der Waals surface area contributed by atoms with Crippen LogP contribution in [0.5, 0.6) is 0 Å². The van der Waals surface area contributed by atoms with Gasteiger partial charge in [-0.15, -0.1) is 0 Å². The van der Waals surface area contributed by atoms with E-state index in [1.807, 2.05) is 0 Å². The van der Waals surface area contributed by atoms with Gasteiger partial charge in [0.25, 0.3) is 0 Å². The molecule has 0 saturated heterocycles. The number of rotatable bonds is 4. The highest BCUT2D eigenvalue weighted by Crippen LogP contribution is 2.22. The molecule has 0 amide bonds. The second-order valence-electron chi connectivity index (χ2n) is 3.64. The van der Waals surface area contributed by atoms with Gasteiger partial charge in [0, 0.05) is 5.56 Å². The highest BCUT2D eigenvalue weighted by molar-refractivity contribution is 5.69. The normalized spacial score (nSPS) is 13.5. The molecule has 0 aliphatic heterocycles. The van der Waals surface area contributed by atoms with Crippen LogP contribution in [0.25, 0.3) is 0 Å². The first-order valence-electron chi connectivity index (χ1n) is 5.12. The lowest BCUT2D eigenvalue weighted by molar-refractivity contribution is -0.144. The molecule has 6 heteroatoms. The van der Waals surface area contributed by atoms with Crippen molar-refractivity contribution in [3.8, 4) is 6.07 Å². The molecule has 0 saturated carbocycles. The average Bonchev–Trinajstić information content (AvgIpc) is 2.37. The molecule has 0 aromatic heterocycles. The maximum atomic E-state index is 13.5. The standard InChI is InChI=1S/C12H12FNO4/c1-18-11(16)5-10(15)12(17)8-3-2-7(6-14)4-9(8)13/h2-4,10,12,15,17H,5H2,1H3. The van der Waals surface area contributed by atoms with Crippen molar-refractivity contribution in [1.82, 2.24) is 0 Å². The molecule has 2 atom stereocenters. The second kappa shape index (κ2) is 6.10. The van der Waals surface area contributed by atoms with Crippen molar-refractivity contribution < 1.29 is 24.1 Å². The zero-order valence-corrected chi connectivity index (χ0v) is 9.63. The summed E-state index contributed by atoms with van der Waals surface area (Å²) < 4.78 is 17.9. The number of halogens is 1. The first-order chi connectivity index (χ1) is 8.49. The predicted octanol–water partition coefficient (Wildman–Crippen LogP) is 0.655. The summed E-state index contributed by atoms with van der Waals surface area (Å²) in [6.45, 7) is 0. The van der Waals surface area contributed by atoms with Crippen LogP contribution >= 0.6 is 0 Å². The topological polar surface area (TPSA) is 90.6 Å². The minimum absolute atomic E-state index is 0.103. The third-order valence-corrected chi connectivity index (χ3v) is 2.42. The Hall–Kier alpha value is -1.97. The first kappa shape index (κ1) is 14.1. The molecule has 0 aliphatic carbocycles. The van der Waals surface area contributed by atoms with E-state index in [0.717, 1.165) is 13.2 Å². The number of benzene rings is 1. The van der Waals surface area contributed by atoms with Crippen molar-refractivity contribution in [3.05, 3.63) is 35.1 Å². The fourth-order valence-corrected chi connectivity index (χ4v) is 1.41. The van der Waals surface area contributed by atoms with Crippen LogP contribution in [0.4, 0.5) is 4.39 Å². The Labute approximate surface area is 103 Å². The molecule has 1 aromatic rings. The molecule has 0 heterocycles. The van der Waals surface area contributed by atoms with Crippen molar-refractivity contribution in [2.75, 3.05) is 7.11 Å². The Kier molecular flexibility index (Phi) is 4.77. The molecule has 2 N–H and O–H groups in total. The fourth-order valence-electron chi connectivity index (χ4n) is 1.41. The number of carbonyl (C=O) groups is 1. The Morgan fingerprint density at radius 3 is 2.72 bits per heavy atom. The first-order valence-corrected chi connectivity index (χ1v) is 5.12. The van der Waals surface area contributed by atoms with E-state index in [0.29, 0.717) is 0 Å². The van der Waals surface area contributed by atoms with Gasteiger partial charge in [0.05, 0.1) is 31.3 Å². The molecular formula is C12H12FNO4. The number of hydrogen-bond acceptors (Lipinski definition) is 5. The summed E-state index contributed by atoms with van der Waals surface area (Å²) in [6, 6.07) is 5.20. The van der Waals surface area contributed by atoms with Gasteiger partial charge in [-0.2, -0.15) is 5.26 Å². The summed E-state index contributed by atoms with van der Waals surface area (Å²) in [5.41, 5.74) is -0.0729. The van der Waals surface area contributed by atoms with E-state index in [9.17, 15) is 19.4 Å². The van der Waals surface area contributed by atoms with Crippen LogP contribution in [-0.2, 0) is 9.53 Å². The van der Waals surface area contributed by atoms with Crippen LogP contribution in [0.1, 0.15) is 23.7 Å². The number of aliphatic hydroxyl groups excluding tert-OH is 2. The van der Waals surface area contributed by atoms with Crippen LogP contribution in [-0.4, -0.2) is 29.4 Å². The van der Waals surface area contributed by atoms with E-state index in [1.165, 1.54) is 12.1 Å². The number of ether oxygens (including phenoxy) is 1. The van der Waals surface area contributed by atoms with Crippen LogP contribution < -0.4 is 0 Å². The summed E-state index contributed by atoms with van der Waals surface area (Å²) in [6.07, 6.45) is -3.48. The van der Waals surface area contributed by atoms with Crippen LogP contribution in [0.3, 0.4) is 0 Å². The minimum Gasteiger partial charge on any atom is -0.469 e. The van der Waals surface area contributed by atoms with Gasteiger partial charge < -0.3 is 14.9 Å². The van der Waals surface area contributed by atoms with Crippen molar-refractivity contribution >= 4 is 5.97 Å². The van der Waals surface area contributed by atoms with Crippen LogP contribution in [0.2, 0.25) is 0 Å². The zero-order valence-electron chi connectivity index (χ0n) is 9.63. The van der Waals surface area contributed by atoms with Gasteiger partial charge in [-0.3, -0.25) is 4.79 Å². The van der Waals surface area contributed by atoms with Crippen LogP contribution in [0.15, 0.2) is 18.2 Å². The van der Waals surface area contributed by atoms with E-state index in [1.54, 1.807) is 6.07 Å². The molecule has 0 bridgehead atoms. The zero-order chi connectivity index (χ0) is 13.7. The molecule has 1 rings (SSSR count). The van der Waals surface area contributed by atoms with E-state index in [-0.39, 0.29) is 11.1 Å².